The van der Waals surface area contributed by atoms with Crippen molar-refractivity contribution < 1.29 is 4.74 Å². The molecule has 7 heteroatoms. The maximum absolute atomic E-state index is 5.95. The zero-order chi connectivity index (χ0) is 21.2. The van der Waals surface area contributed by atoms with Crippen LogP contribution in [0.25, 0.3) is 0 Å². The van der Waals surface area contributed by atoms with E-state index < -0.39 is 0 Å². The van der Waals surface area contributed by atoms with Crippen molar-refractivity contribution >= 4 is 5.96 Å². The van der Waals surface area contributed by atoms with E-state index in [9.17, 15) is 0 Å². The van der Waals surface area contributed by atoms with E-state index in [4.69, 9.17) is 9.73 Å². The number of ether oxygens (including phenoxy) is 1. The predicted octanol–water partition coefficient (Wildman–Crippen LogP) is 2.34. The van der Waals surface area contributed by atoms with Gasteiger partial charge in [0.1, 0.15) is 0 Å². The Labute approximate surface area is 180 Å². The predicted molar refractivity (Wildman–Crippen MR) is 122 cm³/mol. The summed E-state index contributed by atoms with van der Waals surface area (Å²) in [6.45, 7) is 13.5. The van der Waals surface area contributed by atoms with E-state index in [-0.39, 0.29) is 6.10 Å². The van der Waals surface area contributed by atoms with Gasteiger partial charge in [-0.25, -0.2) is 4.99 Å². The van der Waals surface area contributed by atoms with Crippen LogP contribution < -0.4 is 10.6 Å². The van der Waals surface area contributed by atoms with Gasteiger partial charge in [0, 0.05) is 45.1 Å². The van der Waals surface area contributed by atoms with Gasteiger partial charge < -0.3 is 15.4 Å². The van der Waals surface area contributed by atoms with Crippen molar-refractivity contribution in [3.8, 4) is 0 Å². The maximum Gasteiger partial charge on any atom is 0.191 e. The van der Waals surface area contributed by atoms with Gasteiger partial charge in [-0.05, 0) is 30.0 Å². The summed E-state index contributed by atoms with van der Waals surface area (Å²) in [7, 11) is 0. The number of morpholine rings is 1. The van der Waals surface area contributed by atoms with Gasteiger partial charge in [0.2, 0.25) is 0 Å². The quantitative estimate of drug-likeness (QED) is 0.489. The van der Waals surface area contributed by atoms with Crippen LogP contribution >= 0.6 is 0 Å². The second kappa shape index (κ2) is 11.7. The van der Waals surface area contributed by atoms with Gasteiger partial charge in [-0.3, -0.25) is 9.58 Å². The summed E-state index contributed by atoms with van der Waals surface area (Å²) in [6, 6.07) is 10.5. The molecule has 0 saturated carbocycles. The fraction of sp³-hybridized carbons (Fsp3) is 0.565. The number of nitrogens with zero attached hydrogens (tertiary/aromatic N) is 4. The Morgan fingerprint density at radius 2 is 2.13 bits per heavy atom. The number of hydrogen-bond donors (Lipinski definition) is 2. The second-order valence-corrected chi connectivity index (χ2v) is 8.25. The average molecular weight is 413 g/mol. The molecule has 1 unspecified atom stereocenters. The molecule has 1 atom stereocenters. The molecular formula is C23H36N6O. The monoisotopic (exact) mass is 412 g/mol. The van der Waals surface area contributed by atoms with Crippen molar-refractivity contribution in [2.75, 3.05) is 39.3 Å². The minimum Gasteiger partial charge on any atom is -0.374 e. The molecule has 1 aromatic carbocycles. The fourth-order valence-electron chi connectivity index (χ4n) is 3.72. The van der Waals surface area contributed by atoms with Crippen molar-refractivity contribution in [2.24, 2.45) is 10.9 Å². The van der Waals surface area contributed by atoms with E-state index in [1.54, 1.807) is 6.20 Å². The molecule has 2 N–H and O–H groups in total. The highest BCUT2D eigenvalue weighted by molar-refractivity contribution is 5.79. The van der Waals surface area contributed by atoms with Gasteiger partial charge in [0.15, 0.2) is 5.96 Å². The molecule has 1 aliphatic rings. The molecule has 0 aliphatic carbocycles. The molecule has 30 heavy (non-hydrogen) atoms. The van der Waals surface area contributed by atoms with Gasteiger partial charge in [-0.2, -0.15) is 5.10 Å². The van der Waals surface area contributed by atoms with Gasteiger partial charge in [-0.1, -0.05) is 38.1 Å². The van der Waals surface area contributed by atoms with Crippen LogP contribution in [0, 0.1) is 5.92 Å². The molecule has 2 heterocycles. The Kier molecular flexibility index (Phi) is 8.71. The number of aliphatic imine (C=N–C) groups is 1. The Hall–Kier alpha value is -2.38. The maximum atomic E-state index is 5.95. The summed E-state index contributed by atoms with van der Waals surface area (Å²) >= 11 is 0. The third kappa shape index (κ3) is 7.46. The Morgan fingerprint density at radius 1 is 1.27 bits per heavy atom. The highest BCUT2D eigenvalue weighted by Crippen LogP contribution is 2.09. The van der Waals surface area contributed by atoms with E-state index in [2.05, 4.69) is 65.7 Å². The topological polar surface area (TPSA) is 66.7 Å². The summed E-state index contributed by atoms with van der Waals surface area (Å²) in [4.78, 5) is 7.27. The highest BCUT2D eigenvalue weighted by Gasteiger charge is 2.21. The lowest BCUT2D eigenvalue weighted by Gasteiger charge is -2.34. The van der Waals surface area contributed by atoms with Crippen LogP contribution in [0.2, 0.25) is 0 Å². The molecule has 0 amide bonds. The third-order valence-corrected chi connectivity index (χ3v) is 5.00. The largest absolute Gasteiger partial charge is 0.374 e. The Balaban J connectivity index is 1.53. The van der Waals surface area contributed by atoms with Gasteiger partial charge in [-0.15, -0.1) is 0 Å². The molecule has 0 spiro atoms. The molecule has 1 aromatic heterocycles. The molecule has 2 aromatic rings. The lowest BCUT2D eigenvalue weighted by Crippen LogP contribution is -2.50. The zero-order valence-electron chi connectivity index (χ0n) is 18.6. The minimum atomic E-state index is 0.193. The molecule has 0 radical (unpaired) electrons. The van der Waals surface area contributed by atoms with Crippen molar-refractivity contribution in [3.63, 3.8) is 0 Å². The molecule has 1 aliphatic heterocycles. The summed E-state index contributed by atoms with van der Waals surface area (Å²) in [5.41, 5.74) is 2.42. The van der Waals surface area contributed by atoms with Crippen LogP contribution in [0.4, 0.5) is 0 Å². The van der Waals surface area contributed by atoms with E-state index in [1.165, 1.54) is 11.1 Å². The first-order valence-electron chi connectivity index (χ1n) is 11.0. The molecule has 1 fully saturated rings. The number of hydrogen-bond acceptors (Lipinski definition) is 4. The van der Waals surface area contributed by atoms with Crippen LogP contribution in [0.1, 0.15) is 31.9 Å². The standard InChI is InChI=1S/C23H36N6O/c1-4-24-23(26-15-22-18-28(11-12-30-22)16-19(2)3)25-14-20-7-5-8-21(13-20)17-29-10-6-9-27-29/h5-10,13,19,22H,4,11-12,14-18H2,1-3H3,(H2,24,25,26). The van der Waals surface area contributed by atoms with E-state index in [1.807, 2.05) is 16.9 Å². The molecule has 7 nitrogen and oxygen atoms in total. The number of rotatable bonds is 9. The lowest BCUT2D eigenvalue weighted by atomic mass is 10.1. The smallest absolute Gasteiger partial charge is 0.191 e. The number of nitrogens with one attached hydrogen (secondary N) is 2. The average Bonchev–Trinajstić information content (AvgIpc) is 3.23. The van der Waals surface area contributed by atoms with Gasteiger partial charge in [0.05, 0.1) is 25.8 Å². The SMILES string of the molecule is CCNC(=NCc1cccc(Cn2cccn2)c1)NCC1CN(CC(C)C)CCO1. The van der Waals surface area contributed by atoms with E-state index in [0.29, 0.717) is 12.5 Å². The van der Waals surface area contributed by atoms with Crippen LogP contribution in [-0.4, -0.2) is 66.1 Å². The molecular weight excluding hydrogens is 376 g/mol. The van der Waals surface area contributed by atoms with Gasteiger partial charge in [0.25, 0.3) is 0 Å². The third-order valence-electron chi connectivity index (χ3n) is 5.00. The summed E-state index contributed by atoms with van der Waals surface area (Å²) < 4.78 is 7.88. The molecule has 0 bridgehead atoms. The number of guanidine groups is 1. The summed E-state index contributed by atoms with van der Waals surface area (Å²) in [5.74, 6) is 1.51. The number of benzene rings is 1. The van der Waals surface area contributed by atoms with Crippen molar-refractivity contribution in [2.45, 2.75) is 40.0 Å². The fourth-order valence-corrected chi connectivity index (χ4v) is 3.72. The number of aromatic nitrogens is 2. The van der Waals surface area contributed by atoms with Crippen molar-refractivity contribution in [3.05, 3.63) is 53.9 Å². The summed E-state index contributed by atoms with van der Waals surface area (Å²) in [5, 5.41) is 11.1. The Bertz CT molecular complexity index is 774. The lowest BCUT2D eigenvalue weighted by molar-refractivity contribution is -0.0284. The highest BCUT2D eigenvalue weighted by atomic mass is 16.5. The van der Waals surface area contributed by atoms with Crippen LogP contribution in [-0.2, 0) is 17.8 Å². The second-order valence-electron chi connectivity index (χ2n) is 8.25. The van der Waals surface area contributed by atoms with Crippen molar-refractivity contribution in [1.29, 1.82) is 0 Å². The molecule has 3 rings (SSSR count). The first-order chi connectivity index (χ1) is 14.6. The van der Waals surface area contributed by atoms with E-state index in [0.717, 1.165) is 51.8 Å². The first kappa shape index (κ1) is 22.3. The Morgan fingerprint density at radius 3 is 2.90 bits per heavy atom. The summed E-state index contributed by atoms with van der Waals surface area (Å²) in [6.07, 6.45) is 3.98. The van der Waals surface area contributed by atoms with Gasteiger partial charge >= 0.3 is 0 Å². The first-order valence-corrected chi connectivity index (χ1v) is 11.0. The van der Waals surface area contributed by atoms with E-state index >= 15 is 0 Å². The normalized spacial score (nSPS) is 18.0. The zero-order valence-corrected chi connectivity index (χ0v) is 18.6. The van der Waals surface area contributed by atoms with Crippen molar-refractivity contribution in [1.82, 2.24) is 25.3 Å². The van der Waals surface area contributed by atoms with Crippen LogP contribution in [0.3, 0.4) is 0 Å². The minimum absolute atomic E-state index is 0.193. The van der Waals surface area contributed by atoms with Crippen LogP contribution in [0.15, 0.2) is 47.7 Å². The molecule has 1 saturated heterocycles. The van der Waals surface area contributed by atoms with Crippen LogP contribution in [0.5, 0.6) is 0 Å². The molecule has 164 valence electrons.